The van der Waals surface area contributed by atoms with Crippen LogP contribution in [-0.2, 0) is 0 Å². The largest absolute Gasteiger partial charge is 0.353 e. The van der Waals surface area contributed by atoms with Crippen molar-refractivity contribution in [2.24, 2.45) is 0 Å². The Morgan fingerprint density at radius 1 is 0.968 bits per heavy atom. The van der Waals surface area contributed by atoms with Crippen LogP contribution in [0.4, 0.5) is 20.7 Å². The van der Waals surface area contributed by atoms with Crippen molar-refractivity contribution in [1.29, 1.82) is 0 Å². The quantitative estimate of drug-likeness (QED) is 0.610. The fraction of sp³-hybridized carbons (Fsp3) is 0.227. The number of nitrogens with zero attached hydrogens (tertiary/aromatic N) is 4. The molecule has 2 amide bonds. The summed E-state index contributed by atoms with van der Waals surface area (Å²) in [6.07, 6.45) is 0.765. The van der Waals surface area contributed by atoms with Crippen molar-refractivity contribution in [1.82, 2.24) is 14.7 Å². The van der Waals surface area contributed by atoms with Crippen molar-refractivity contribution in [2.75, 3.05) is 36.4 Å². The van der Waals surface area contributed by atoms with E-state index in [1.807, 2.05) is 29.2 Å². The van der Waals surface area contributed by atoms with Gasteiger partial charge >= 0.3 is 6.03 Å². The summed E-state index contributed by atoms with van der Waals surface area (Å²) >= 11 is 3.44. The minimum absolute atomic E-state index is 0.155. The minimum Gasteiger partial charge on any atom is -0.353 e. The third kappa shape index (κ3) is 4.93. The monoisotopic (exact) mass is 485 g/mol. The number of carbonyl (C=O) groups is 1. The zero-order valence-corrected chi connectivity index (χ0v) is 18.3. The SMILES string of the molecule is O=C(Nc1ccccc1Br)N1CCCN(c2ccc(=O)n(-c3ccc(F)cc3)n2)CC1. The van der Waals surface area contributed by atoms with Gasteiger partial charge in [0.1, 0.15) is 11.6 Å². The molecule has 0 aliphatic carbocycles. The lowest BCUT2D eigenvalue weighted by Gasteiger charge is -2.23. The molecule has 4 rings (SSSR count). The van der Waals surface area contributed by atoms with Crippen molar-refractivity contribution in [3.63, 3.8) is 0 Å². The molecule has 2 heterocycles. The lowest BCUT2D eigenvalue weighted by Crippen LogP contribution is -2.38. The van der Waals surface area contributed by atoms with E-state index in [-0.39, 0.29) is 17.4 Å². The highest BCUT2D eigenvalue weighted by molar-refractivity contribution is 9.10. The van der Waals surface area contributed by atoms with Gasteiger partial charge in [0.15, 0.2) is 0 Å². The van der Waals surface area contributed by atoms with Crippen LogP contribution in [0.3, 0.4) is 0 Å². The molecule has 3 aromatic rings. The van der Waals surface area contributed by atoms with Crippen molar-refractivity contribution in [3.05, 3.63) is 81.3 Å². The number of aromatic nitrogens is 2. The Morgan fingerprint density at radius 3 is 2.52 bits per heavy atom. The maximum absolute atomic E-state index is 13.2. The first-order valence-electron chi connectivity index (χ1n) is 9.93. The van der Waals surface area contributed by atoms with Crippen LogP contribution in [0, 0.1) is 5.82 Å². The van der Waals surface area contributed by atoms with Crippen molar-refractivity contribution in [3.8, 4) is 5.69 Å². The molecule has 0 spiro atoms. The van der Waals surface area contributed by atoms with Crippen molar-refractivity contribution >= 4 is 33.5 Å². The first-order chi connectivity index (χ1) is 15.0. The van der Waals surface area contributed by atoms with Crippen LogP contribution in [0.5, 0.6) is 0 Å². The summed E-state index contributed by atoms with van der Waals surface area (Å²) in [5.41, 5.74) is 0.929. The van der Waals surface area contributed by atoms with Crippen LogP contribution < -0.4 is 15.8 Å². The molecular formula is C22H21BrFN5O2. The molecule has 1 saturated heterocycles. The van der Waals surface area contributed by atoms with Gasteiger partial charge in [0.25, 0.3) is 5.56 Å². The highest BCUT2D eigenvalue weighted by Gasteiger charge is 2.21. The Morgan fingerprint density at radius 2 is 1.74 bits per heavy atom. The molecule has 0 radical (unpaired) electrons. The maximum atomic E-state index is 13.2. The Kier molecular flexibility index (Phi) is 6.31. The molecular weight excluding hydrogens is 465 g/mol. The van der Waals surface area contributed by atoms with E-state index >= 15 is 0 Å². The minimum atomic E-state index is -0.374. The van der Waals surface area contributed by atoms with Crippen LogP contribution in [-0.4, -0.2) is 46.9 Å². The number of hydrogen-bond acceptors (Lipinski definition) is 4. The molecule has 9 heteroatoms. The van der Waals surface area contributed by atoms with E-state index < -0.39 is 0 Å². The van der Waals surface area contributed by atoms with Crippen LogP contribution in [0.2, 0.25) is 0 Å². The molecule has 1 fully saturated rings. The first kappa shape index (κ1) is 21.0. The van der Waals surface area contributed by atoms with E-state index in [0.717, 1.165) is 16.6 Å². The van der Waals surface area contributed by atoms with Crippen LogP contribution in [0.1, 0.15) is 6.42 Å². The van der Waals surface area contributed by atoms with Gasteiger partial charge < -0.3 is 15.1 Å². The number of carbonyl (C=O) groups excluding carboxylic acids is 1. The fourth-order valence-corrected chi connectivity index (χ4v) is 3.83. The number of rotatable bonds is 3. The summed E-state index contributed by atoms with van der Waals surface area (Å²) in [4.78, 5) is 28.8. The van der Waals surface area contributed by atoms with Gasteiger partial charge in [-0.25, -0.2) is 9.18 Å². The molecule has 160 valence electrons. The van der Waals surface area contributed by atoms with E-state index in [0.29, 0.717) is 37.7 Å². The van der Waals surface area contributed by atoms with E-state index in [1.54, 1.807) is 11.0 Å². The van der Waals surface area contributed by atoms with Crippen molar-refractivity contribution in [2.45, 2.75) is 6.42 Å². The molecule has 31 heavy (non-hydrogen) atoms. The second-order valence-corrected chi connectivity index (χ2v) is 8.01. The van der Waals surface area contributed by atoms with E-state index in [1.165, 1.54) is 35.0 Å². The van der Waals surface area contributed by atoms with Gasteiger partial charge in [-0.15, -0.1) is 5.10 Å². The summed E-state index contributed by atoms with van der Waals surface area (Å²) in [5.74, 6) is 0.262. The Labute approximate surface area is 187 Å². The lowest BCUT2D eigenvalue weighted by molar-refractivity contribution is 0.215. The molecule has 1 aliphatic heterocycles. The molecule has 7 nitrogen and oxygen atoms in total. The van der Waals surface area contributed by atoms with Crippen LogP contribution in [0.25, 0.3) is 5.69 Å². The second kappa shape index (κ2) is 9.30. The molecule has 0 atom stereocenters. The zero-order chi connectivity index (χ0) is 21.8. The Bertz CT molecular complexity index is 1140. The summed E-state index contributed by atoms with van der Waals surface area (Å²) in [6, 6.07) is 16.1. The van der Waals surface area contributed by atoms with Crippen molar-refractivity contribution < 1.29 is 9.18 Å². The third-order valence-electron chi connectivity index (χ3n) is 5.08. The topological polar surface area (TPSA) is 70.5 Å². The van der Waals surface area contributed by atoms with Gasteiger partial charge in [0, 0.05) is 36.7 Å². The predicted molar refractivity (Wildman–Crippen MR) is 121 cm³/mol. The van der Waals surface area contributed by atoms with Gasteiger partial charge in [-0.05, 0) is 64.8 Å². The third-order valence-corrected chi connectivity index (χ3v) is 5.77. The van der Waals surface area contributed by atoms with Gasteiger partial charge in [0.2, 0.25) is 0 Å². The number of amides is 2. The Balaban J connectivity index is 1.47. The standard InChI is InChI=1S/C22H21BrFN5O2/c23-18-4-1-2-5-19(18)25-22(31)28-13-3-12-27(14-15-28)20-10-11-21(30)29(26-20)17-8-6-16(24)7-9-17/h1-2,4-11H,3,12-15H2,(H,25,31). The number of urea groups is 1. The number of benzene rings is 2. The molecule has 2 aromatic carbocycles. The normalized spacial score (nSPS) is 14.3. The second-order valence-electron chi connectivity index (χ2n) is 7.16. The molecule has 0 saturated carbocycles. The highest BCUT2D eigenvalue weighted by atomic mass is 79.9. The summed E-state index contributed by atoms with van der Waals surface area (Å²) in [6.45, 7) is 2.42. The lowest BCUT2D eigenvalue weighted by atomic mass is 10.3. The van der Waals surface area contributed by atoms with Gasteiger partial charge in [-0.2, -0.15) is 4.68 Å². The first-order valence-corrected chi connectivity index (χ1v) is 10.7. The van der Waals surface area contributed by atoms with Gasteiger partial charge in [-0.1, -0.05) is 12.1 Å². The van der Waals surface area contributed by atoms with E-state index in [9.17, 15) is 14.0 Å². The zero-order valence-electron chi connectivity index (χ0n) is 16.7. The molecule has 0 unspecified atom stereocenters. The maximum Gasteiger partial charge on any atom is 0.321 e. The van der Waals surface area contributed by atoms with E-state index in [2.05, 4.69) is 26.3 Å². The number of hydrogen-bond donors (Lipinski definition) is 1. The average molecular weight is 486 g/mol. The fourth-order valence-electron chi connectivity index (χ4n) is 3.44. The summed E-state index contributed by atoms with van der Waals surface area (Å²) < 4.78 is 15.3. The van der Waals surface area contributed by atoms with Crippen LogP contribution >= 0.6 is 15.9 Å². The predicted octanol–water partition coefficient (Wildman–Crippen LogP) is 3.88. The van der Waals surface area contributed by atoms with Gasteiger partial charge in [-0.3, -0.25) is 4.79 Å². The molecule has 1 aliphatic rings. The average Bonchev–Trinajstić information content (AvgIpc) is 3.03. The summed E-state index contributed by atoms with van der Waals surface area (Å²) in [7, 11) is 0. The molecule has 1 N–H and O–H groups in total. The molecule has 1 aromatic heterocycles. The van der Waals surface area contributed by atoms with E-state index in [4.69, 9.17) is 0 Å². The van der Waals surface area contributed by atoms with Crippen LogP contribution in [0.15, 0.2) is 69.9 Å². The Hall–Kier alpha value is -3.20. The molecule has 0 bridgehead atoms. The smallest absolute Gasteiger partial charge is 0.321 e. The highest BCUT2D eigenvalue weighted by Crippen LogP contribution is 2.22. The number of anilines is 2. The number of halogens is 2. The number of para-hydroxylation sites is 1. The van der Waals surface area contributed by atoms with Gasteiger partial charge in [0.05, 0.1) is 11.4 Å². The summed E-state index contributed by atoms with van der Waals surface area (Å²) in [5, 5.41) is 7.40. The number of nitrogens with one attached hydrogen (secondary N) is 1.